The Hall–Kier alpha value is -1.96. The zero-order chi connectivity index (χ0) is 19.5. The maximum absolute atomic E-state index is 12.9. The van der Waals surface area contributed by atoms with Crippen molar-refractivity contribution in [3.63, 3.8) is 0 Å². The number of thioether (sulfide) groups is 1. The molecule has 0 bridgehead atoms. The number of ether oxygens (including phenoxy) is 1. The summed E-state index contributed by atoms with van der Waals surface area (Å²) in [7, 11) is 1.76. The summed E-state index contributed by atoms with van der Waals surface area (Å²) < 4.78 is 17.9. The van der Waals surface area contributed by atoms with Crippen LogP contribution < -0.4 is 10.6 Å². The lowest BCUT2D eigenvalue weighted by atomic mass is 10.1. The number of hydrogen-bond acceptors (Lipinski definition) is 4. The number of aliphatic imine (C=N–C) groups is 1. The standard InChI is InChI=1S/C19H29FN4O2S/c1-3-26-19(25)24-12-9-16(10-13-24)23-18(21-2)22-11-4-14-27-17-7-5-15(20)6-8-17/h5-8,16H,3-4,9-14H2,1-2H3,(H2,21,22,23). The van der Waals surface area contributed by atoms with Gasteiger partial charge in [-0.15, -0.1) is 11.8 Å². The molecule has 1 amide bonds. The Morgan fingerprint density at radius 2 is 2.04 bits per heavy atom. The van der Waals surface area contributed by atoms with Crippen molar-refractivity contribution >= 4 is 23.8 Å². The molecule has 0 radical (unpaired) electrons. The molecule has 27 heavy (non-hydrogen) atoms. The van der Waals surface area contributed by atoms with E-state index in [1.54, 1.807) is 35.8 Å². The first-order chi connectivity index (χ1) is 13.1. The fourth-order valence-corrected chi connectivity index (χ4v) is 3.66. The van der Waals surface area contributed by atoms with Crippen molar-refractivity contribution in [2.45, 2.75) is 37.1 Å². The van der Waals surface area contributed by atoms with E-state index in [0.29, 0.717) is 25.7 Å². The number of hydrogen-bond donors (Lipinski definition) is 2. The molecule has 0 aliphatic carbocycles. The number of carbonyl (C=O) groups excluding carboxylic acids is 1. The Labute approximate surface area is 164 Å². The number of halogens is 1. The molecule has 1 heterocycles. The third kappa shape index (κ3) is 7.66. The first-order valence-corrected chi connectivity index (χ1v) is 10.4. The minimum Gasteiger partial charge on any atom is -0.450 e. The summed E-state index contributed by atoms with van der Waals surface area (Å²) in [5, 5.41) is 6.75. The van der Waals surface area contributed by atoms with Gasteiger partial charge in [0.2, 0.25) is 0 Å². The van der Waals surface area contributed by atoms with E-state index in [4.69, 9.17) is 4.74 Å². The number of guanidine groups is 1. The molecule has 1 aliphatic heterocycles. The number of rotatable bonds is 7. The van der Waals surface area contributed by atoms with Crippen LogP contribution in [0.15, 0.2) is 34.2 Å². The Morgan fingerprint density at radius 3 is 2.67 bits per heavy atom. The van der Waals surface area contributed by atoms with Crippen molar-refractivity contribution in [2.24, 2.45) is 4.99 Å². The lowest BCUT2D eigenvalue weighted by Crippen LogP contribution is -2.50. The zero-order valence-electron chi connectivity index (χ0n) is 16.0. The van der Waals surface area contributed by atoms with Gasteiger partial charge in [0.05, 0.1) is 6.61 Å². The van der Waals surface area contributed by atoms with E-state index in [1.807, 2.05) is 6.92 Å². The molecule has 1 saturated heterocycles. The Balaban J connectivity index is 1.60. The second kappa shape index (κ2) is 11.7. The van der Waals surface area contributed by atoms with Crippen LogP contribution in [-0.2, 0) is 4.74 Å². The highest BCUT2D eigenvalue weighted by molar-refractivity contribution is 7.99. The summed E-state index contributed by atoms with van der Waals surface area (Å²) in [4.78, 5) is 18.8. The predicted molar refractivity (Wildman–Crippen MR) is 108 cm³/mol. The monoisotopic (exact) mass is 396 g/mol. The number of nitrogens with one attached hydrogen (secondary N) is 2. The van der Waals surface area contributed by atoms with E-state index in [2.05, 4.69) is 15.6 Å². The van der Waals surface area contributed by atoms with Crippen LogP contribution in [0.2, 0.25) is 0 Å². The Bertz CT molecular complexity index is 604. The molecule has 0 unspecified atom stereocenters. The van der Waals surface area contributed by atoms with E-state index in [-0.39, 0.29) is 11.9 Å². The third-order valence-corrected chi connectivity index (χ3v) is 5.38. The number of benzene rings is 1. The molecule has 6 nitrogen and oxygen atoms in total. The number of carbonyl (C=O) groups is 1. The average Bonchev–Trinajstić information content (AvgIpc) is 2.69. The smallest absolute Gasteiger partial charge is 0.409 e. The lowest BCUT2D eigenvalue weighted by molar-refractivity contribution is 0.0963. The molecular weight excluding hydrogens is 367 g/mol. The van der Waals surface area contributed by atoms with Crippen LogP contribution in [0, 0.1) is 5.82 Å². The fraction of sp³-hybridized carbons (Fsp3) is 0.579. The zero-order valence-corrected chi connectivity index (χ0v) is 16.9. The van der Waals surface area contributed by atoms with Gasteiger partial charge in [0, 0.05) is 37.6 Å². The van der Waals surface area contributed by atoms with E-state index in [9.17, 15) is 9.18 Å². The van der Waals surface area contributed by atoms with Gasteiger partial charge in [-0.2, -0.15) is 0 Å². The molecule has 150 valence electrons. The van der Waals surface area contributed by atoms with E-state index in [1.165, 1.54) is 12.1 Å². The molecule has 8 heteroatoms. The van der Waals surface area contributed by atoms with Gasteiger partial charge in [-0.1, -0.05) is 0 Å². The van der Waals surface area contributed by atoms with Crippen molar-refractivity contribution in [3.8, 4) is 0 Å². The van der Waals surface area contributed by atoms with Crippen LogP contribution in [0.4, 0.5) is 9.18 Å². The lowest BCUT2D eigenvalue weighted by Gasteiger charge is -2.32. The summed E-state index contributed by atoms with van der Waals surface area (Å²) in [5.41, 5.74) is 0. The summed E-state index contributed by atoms with van der Waals surface area (Å²) in [6.07, 6.45) is 2.50. The fourth-order valence-electron chi connectivity index (χ4n) is 2.81. The van der Waals surface area contributed by atoms with E-state index >= 15 is 0 Å². The molecular formula is C19H29FN4O2S. The highest BCUT2D eigenvalue weighted by atomic mass is 32.2. The van der Waals surface area contributed by atoms with E-state index in [0.717, 1.165) is 42.4 Å². The predicted octanol–water partition coefficient (Wildman–Crippen LogP) is 3.09. The number of likely N-dealkylation sites (tertiary alicyclic amines) is 1. The third-order valence-electron chi connectivity index (χ3n) is 4.28. The topological polar surface area (TPSA) is 66.0 Å². The molecule has 2 N–H and O–H groups in total. The quantitative estimate of drug-likeness (QED) is 0.321. The molecule has 1 aliphatic rings. The molecule has 1 aromatic carbocycles. The van der Waals surface area contributed by atoms with Crippen LogP contribution in [0.25, 0.3) is 0 Å². The van der Waals surface area contributed by atoms with Crippen LogP contribution >= 0.6 is 11.8 Å². The van der Waals surface area contributed by atoms with Crippen molar-refractivity contribution in [3.05, 3.63) is 30.1 Å². The number of piperidine rings is 1. The van der Waals surface area contributed by atoms with Crippen LogP contribution in [0.1, 0.15) is 26.2 Å². The van der Waals surface area contributed by atoms with Gasteiger partial charge in [-0.3, -0.25) is 4.99 Å². The SMILES string of the molecule is CCOC(=O)N1CCC(NC(=NC)NCCCSc2ccc(F)cc2)CC1. The van der Waals surface area contributed by atoms with Crippen LogP contribution in [0.5, 0.6) is 0 Å². The van der Waals surface area contributed by atoms with Gasteiger partial charge in [-0.25, -0.2) is 9.18 Å². The summed E-state index contributed by atoms with van der Waals surface area (Å²) in [5.74, 6) is 1.54. The average molecular weight is 397 g/mol. The first kappa shape index (κ1) is 21.3. The molecule has 2 rings (SSSR count). The largest absolute Gasteiger partial charge is 0.450 e. The van der Waals surface area contributed by atoms with Gasteiger partial charge in [-0.05, 0) is 56.2 Å². The van der Waals surface area contributed by atoms with Crippen LogP contribution in [-0.4, -0.2) is 62.0 Å². The molecule has 0 aromatic heterocycles. The normalized spacial score (nSPS) is 15.5. The molecule has 0 spiro atoms. The maximum atomic E-state index is 12.9. The van der Waals surface area contributed by atoms with Gasteiger partial charge in [0.1, 0.15) is 5.82 Å². The van der Waals surface area contributed by atoms with Gasteiger partial charge in [0.15, 0.2) is 5.96 Å². The van der Waals surface area contributed by atoms with Crippen molar-refractivity contribution in [1.29, 1.82) is 0 Å². The Morgan fingerprint density at radius 1 is 1.33 bits per heavy atom. The minimum atomic E-state index is -0.225. The van der Waals surface area contributed by atoms with Crippen molar-refractivity contribution < 1.29 is 13.9 Å². The minimum absolute atomic E-state index is 0.205. The van der Waals surface area contributed by atoms with Crippen LogP contribution in [0.3, 0.4) is 0 Å². The number of amides is 1. The Kier molecular flexibility index (Phi) is 9.24. The number of nitrogens with zero attached hydrogens (tertiary/aromatic N) is 2. The molecule has 1 aromatic rings. The van der Waals surface area contributed by atoms with Gasteiger partial charge in [0.25, 0.3) is 0 Å². The van der Waals surface area contributed by atoms with Crippen molar-refractivity contribution in [1.82, 2.24) is 15.5 Å². The highest BCUT2D eigenvalue weighted by Crippen LogP contribution is 2.18. The molecule has 0 atom stereocenters. The van der Waals surface area contributed by atoms with Gasteiger partial charge >= 0.3 is 6.09 Å². The second-order valence-electron chi connectivity index (χ2n) is 6.26. The second-order valence-corrected chi connectivity index (χ2v) is 7.43. The van der Waals surface area contributed by atoms with Gasteiger partial charge < -0.3 is 20.3 Å². The van der Waals surface area contributed by atoms with E-state index < -0.39 is 0 Å². The summed E-state index contributed by atoms with van der Waals surface area (Å²) in [6.45, 7) is 4.44. The maximum Gasteiger partial charge on any atom is 0.409 e. The first-order valence-electron chi connectivity index (χ1n) is 9.39. The highest BCUT2D eigenvalue weighted by Gasteiger charge is 2.23. The summed E-state index contributed by atoms with van der Waals surface area (Å²) >= 11 is 1.71. The molecule has 1 fully saturated rings. The van der Waals surface area contributed by atoms with Crippen molar-refractivity contribution in [2.75, 3.05) is 39.0 Å². The summed E-state index contributed by atoms with van der Waals surface area (Å²) in [6, 6.07) is 6.88. The molecule has 0 saturated carbocycles.